The summed E-state index contributed by atoms with van der Waals surface area (Å²) < 4.78 is 35.0. The number of aryl methyl sites for hydroxylation is 1. The predicted molar refractivity (Wildman–Crippen MR) is 237 cm³/mol. The van der Waals surface area contributed by atoms with Crippen molar-refractivity contribution in [2.24, 2.45) is 0 Å². The van der Waals surface area contributed by atoms with Crippen LogP contribution in [-0.2, 0) is 20.1 Å². The topological polar surface area (TPSA) is 25.8 Å². The zero-order valence-electron chi connectivity index (χ0n) is 36.4. The van der Waals surface area contributed by atoms with E-state index in [4.69, 9.17) is 10.5 Å². The molecule has 1 radical (unpaired) electrons. The van der Waals surface area contributed by atoms with Gasteiger partial charge < -0.3 is 9.97 Å². The van der Waals surface area contributed by atoms with E-state index in [0.717, 1.165) is 27.9 Å². The number of thiophene rings is 1. The third kappa shape index (κ3) is 8.98. The van der Waals surface area contributed by atoms with Crippen LogP contribution in [0.25, 0.3) is 64.9 Å². The fraction of sp³-hybridized carbons (Fsp3) is 0.200. The second-order valence-corrected chi connectivity index (χ2v) is 21.5. The Morgan fingerprint density at radius 3 is 2.02 bits per heavy atom. The minimum Gasteiger partial charge on any atom is -0.305 e. The second kappa shape index (κ2) is 17.1. The Morgan fingerprint density at radius 2 is 1.35 bits per heavy atom. The Hall–Kier alpha value is -4.51. The van der Waals surface area contributed by atoms with Crippen LogP contribution < -0.4 is 5.19 Å². The van der Waals surface area contributed by atoms with Crippen LogP contribution in [0.3, 0.4) is 0 Å². The van der Waals surface area contributed by atoms with Crippen molar-refractivity contribution in [3.63, 3.8) is 0 Å². The Labute approximate surface area is 351 Å². The van der Waals surface area contributed by atoms with Crippen LogP contribution in [-0.4, -0.2) is 18.0 Å². The van der Waals surface area contributed by atoms with Gasteiger partial charge in [-0.05, 0) is 67.3 Å². The summed E-state index contributed by atoms with van der Waals surface area (Å²) in [6, 6.07) is 47.5. The summed E-state index contributed by atoms with van der Waals surface area (Å²) in [6.07, 6.45) is 3.81. The normalized spacial score (nSPS) is 12.9. The van der Waals surface area contributed by atoms with Crippen LogP contribution in [0.5, 0.6) is 0 Å². The molecule has 0 saturated heterocycles. The number of pyridine rings is 2. The van der Waals surface area contributed by atoms with E-state index in [9.17, 15) is 0 Å². The van der Waals surface area contributed by atoms with Crippen LogP contribution in [0.2, 0.25) is 19.6 Å². The van der Waals surface area contributed by atoms with Gasteiger partial charge in [-0.1, -0.05) is 161 Å². The first-order chi connectivity index (χ1) is 27.5. The van der Waals surface area contributed by atoms with Crippen LogP contribution in [0, 0.1) is 19.0 Å². The molecule has 0 atom stereocenters. The van der Waals surface area contributed by atoms with Crippen molar-refractivity contribution >= 4 is 44.8 Å². The fourth-order valence-electron chi connectivity index (χ4n) is 6.74. The van der Waals surface area contributed by atoms with E-state index in [0.29, 0.717) is 17.2 Å². The summed E-state index contributed by atoms with van der Waals surface area (Å²) in [7, 11) is -1.68. The molecule has 5 heteroatoms. The molecule has 8 aromatic rings. The maximum absolute atomic E-state index is 8.66. The number of hydrogen-bond donors (Lipinski definition) is 0. The molecule has 279 valence electrons. The van der Waals surface area contributed by atoms with Gasteiger partial charge in [-0.25, -0.2) is 0 Å². The van der Waals surface area contributed by atoms with E-state index in [1.165, 1.54) is 42.0 Å². The van der Waals surface area contributed by atoms with Gasteiger partial charge in [0.2, 0.25) is 0 Å². The molecule has 0 fully saturated rings. The zero-order chi connectivity index (χ0) is 41.4. The van der Waals surface area contributed by atoms with Crippen molar-refractivity contribution < 1.29 is 25.6 Å². The minimum atomic E-state index is -2.23. The Morgan fingerprint density at radius 1 is 0.673 bits per heavy atom. The average molecular weight is 933 g/mol. The molecule has 55 heavy (non-hydrogen) atoms. The molecule has 0 spiro atoms. The van der Waals surface area contributed by atoms with Gasteiger partial charge in [-0.3, -0.25) is 0 Å². The molecule has 8 rings (SSSR count). The largest absolute Gasteiger partial charge is 0.305 e. The van der Waals surface area contributed by atoms with E-state index in [1.807, 2.05) is 80.0 Å². The molecule has 0 saturated carbocycles. The molecule has 0 aliphatic heterocycles. The number of benzene rings is 5. The van der Waals surface area contributed by atoms with Gasteiger partial charge in [-0.15, -0.1) is 53.1 Å². The van der Waals surface area contributed by atoms with Crippen LogP contribution in [0.1, 0.15) is 61.7 Å². The van der Waals surface area contributed by atoms with Gasteiger partial charge in [0.15, 0.2) is 0 Å². The van der Waals surface area contributed by atoms with Crippen molar-refractivity contribution in [3.8, 4) is 44.8 Å². The molecule has 3 aromatic heterocycles. The third-order valence-corrected chi connectivity index (χ3v) is 12.9. The summed E-state index contributed by atoms with van der Waals surface area (Å²) in [5.74, 6) is -0.264. The van der Waals surface area contributed by atoms with Crippen molar-refractivity contribution in [2.45, 2.75) is 66.0 Å². The molecule has 5 aromatic carbocycles. The summed E-state index contributed by atoms with van der Waals surface area (Å²) in [5.41, 5.74) is 10.1. The number of nitrogens with zero attached hydrogens (tertiary/aromatic N) is 2. The fourth-order valence-corrected chi connectivity index (χ4v) is 9.43. The Kier molecular flexibility index (Phi) is 10.9. The summed E-state index contributed by atoms with van der Waals surface area (Å²) >= 11 is 1.84. The van der Waals surface area contributed by atoms with E-state index < -0.39 is 20.8 Å². The Bertz CT molecular complexity index is 2720. The van der Waals surface area contributed by atoms with Crippen molar-refractivity contribution in [3.05, 3.63) is 163 Å². The Balaban J connectivity index is 0.000000195. The van der Waals surface area contributed by atoms with Gasteiger partial charge in [0, 0.05) is 42.7 Å². The molecule has 3 heterocycles. The van der Waals surface area contributed by atoms with Crippen LogP contribution in [0.4, 0.5) is 0 Å². The standard InChI is InChI=1S/C26H20NS.C24H28NSi.Ir/c1-17(2)19-12-13-27-24(15-19)21-8-10-22-23-14-20(18-6-4-3-5-7-18)9-11-25(23)28-26(22)16-21;1-17(2)21-15-23(25-16-24(21)26(4,5)6)20-13-12-18(3)22(14-20)19-10-8-7-9-11-19;/h3-7,9-17H,1-2H3;7-12,14-17H,1-6H3;/q2*-1;/i;3D3,17D;. The molecule has 2 nitrogen and oxygen atoms in total. The van der Waals surface area contributed by atoms with Gasteiger partial charge >= 0.3 is 0 Å². The SMILES string of the molecule is CC(C)c1ccnc(-c2[c-]cc3c(c2)sc2ccc(-c4ccccc4)cc23)c1.[2H]C([2H])([2H])c1c[c-]c(-c2cc(C([2H])(C)C)c([Si](C)(C)C)cn2)cc1-c1ccccc1.[Ir]. The zero-order valence-corrected chi connectivity index (χ0v) is 36.6. The molecular weight excluding hydrogens is 881 g/mol. The van der Waals surface area contributed by atoms with Crippen molar-refractivity contribution in [2.75, 3.05) is 0 Å². The van der Waals surface area contributed by atoms with E-state index in [-0.39, 0.29) is 25.7 Å². The van der Waals surface area contributed by atoms with Crippen molar-refractivity contribution in [1.82, 2.24) is 9.97 Å². The minimum absolute atomic E-state index is 0. The van der Waals surface area contributed by atoms with Gasteiger partial charge in [0.25, 0.3) is 0 Å². The molecule has 0 aliphatic rings. The number of rotatable bonds is 7. The monoisotopic (exact) mass is 933 g/mol. The van der Waals surface area contributed by atoms with E-state index in [2.05, 4.69) is 123 Å². The molecular formula is C50H48IrN2SSi-2. The molecule has 0 unspecified atom stereocenters. The first-order valence-electron chi connectivity index (χ1n) is 20.5. The van der Waals surface area contributed by atoms with E-state index >= 15 is 0 Å². The summed E-state index contributed by atoms with van der Waals surface area (Å²) in [5, 5.41) is 3.74. The molecule has 0 aliphatic carbocycles. The molecule has 0 N–H and O–H groups in total. The maximum atomic E-state index is 8.66. The van der Waals surface area contributed by atoms with Gasteiger partial charge in [-0.2, -0.15) is 11.3 Å². The van der Waals surface area contributed by atoms with Gasteiger partial charge in [0.1, 0.15) is 0 Å². The maximum Gasteiger partial charge on any atom is 0.0799 e. The molecule has 0 amide bonds. The third-order valence-electron chi connectivity index (χ3n) is 9.80. The molecule has 0 bridgehead atoms. The number of fused-ring (bicyclic) bond motifs is 3. The first-order valence-corrected chi connectivity index (χ1v) is 22.8. The first kappa shape index (κ1) is 34.9. The number of hydrogen-bond acceptors (Lipinski definition) is 3. The van der Waals surface area contributed by atoms with Crippen molar-refractivity contribution in [1.29, 1.82) is 0 Å². The average Bonchev–Trinajstić information content (AvgIpc) is 3.57. The summed E-state index contributed by atoms with van der Waals surface area (Å²) in [6.45, 7) is 12.7. The summed E-state index contributed by atoms with van der Waals surface area (Å²) in [4.78, 5) is 9.28. The predicted octanol–water partition coefficient (Wildman–Crippen LogP) is 13.9. The number of aromatic nitrogens is 2. The smallest absolute Gasteiger partial charge is 0.0799 e. The van der Waals surface area contributed by atoms with Gasteiger partial charge in [0.05, 0.1) is 8.07 Å². The second-order valence-electron chi connectivity index (χ2n) is 15.3. The van der Waals surface area contributed by atoms with Crippen LogP contribution in [0.15, 0.2) is 134 Å². The van der Waals surface area contributed by atoms with E-state index in [1.54, 1.807) is 6.07 Å². The quantitative estimate of drug-likeness (QED) is 0.118. The van der Waals surface area contributed by atoms with Crippen LogP contribution >= 0.6 is 11.3 Å².